The maximum atomic E-state index is 11.9. The van der Waals surface area contributed by atoms with Crippen molar-refractivity contribution in [2.24, 2.45) is 0 Å². The highest BCUT2D eigenvalue weighted by atomic mass is 16.5. The normalized spacial score (nSPS) is 16.0. The number of benzene rings is 2. The van der Waals surface area contributed by atoms with Crippen LogP contribution in [0.25, 0.3) is 0 Å². The molecule has 0 fully saturated rings. The predicted octanol–water partition coefficient (Wildman–Crippen LogP) is 2.94. The molecule has 23 heavy (non-hydrogen) atoms. The molecule has 0 bridgehead atoms. The van der Waals surface area contributed by atoms with Crippen LogP contribution in [0.5, 0.6) is 17.2 Å². The Morgan fingerprint density at radius 1 is 0.957 bits per heavy atom. The largest absolute Gasteiger partial charge is 0.493 e. The molecule has 0 aromatic heterocycles. The number of nitrogens with one attached hydrogen (secondary N) is 2. The number of hydrogen-bond acceptors (Lipinski definition) is 4. The first-order chi connectivity index (χ1) is 11.2. The third-order valence-electron chi connectivity index (χ3n) is 3.82. The molecule has 0 radical (unpaired) electrons. The van der Waals surface area contributed by atoms with Crippen molar-refractivity contribution in [3.8, 4) is 17.2 Å². The van der Waals surface area contributed by atoms with Gasteiger partial charge in [0.2, 0.25) is 5.75 Å². The van der Waals surface area contributed by atoms with Gasteiger partial charge in [0.1, 0.15) is 0 Å². The number of rotatable bonds is 4. The summed E-state index contributed by atoms with van der Waals surface area (Å²) >= 11 is 0. The third-order valence-corrected chi connectivity index (χ3v) is 3.82. The van der Waals surface area contributed by atoms with Gasteiger partial charge in [0.05, 0.1) is 27.4 Å². The highest BCUT2D eigenvalue weighted by molar-refractivity contribution is 5.93. The highest BCUT2D eigenvalue weighted by Gasteiger charge is 2.27. The number of anilines is 1. The van der Waals surface area contributed by atoms with Crippen LogP contribution >= 0.6 is 0 Å². The molecule has 3 rings (SSSR count). The van der Waals surface area contributed by atoms with Crippen LogP contribution in [-0.4, -0.2) is 27.4 Å². The quantitative estimate of drug-likeness (QED) is 0.910. The molecule has 1 unspecified atom stereocenters. The smallest absolute Gasteiger partial charge is 0.320 e. The topological polar surface area (TPSA) is 68.8 Å². The molecular formula is C17H18N2O4. The van der Waals surface area contributed by atoms with Crippen molar-refractivity contribution in [3.63, 3.8) is 0 Å². The first-order valence-electron chi connectivity index (χ1n) is 7.14. The van der Waals surface area contributed by atoms with Crippen LogP contribution < -0.4 is 24.8 Å². The molecule has 120 valence electrons. The predicted molar refractivity (Wildman–Crippen MR) is 86.5 cm³/mol. The van der Waals surface area contributed by atoms with Crippen molar-refractivity contribution in [1.29, 1.82) is 0 Å². The van der Waals surface area contributed by atoms with Gasteiger partial charge in [0.25, 0.3) is 0 Å². The van der Waals surface area contributed by atoms with E-state index in [2.05, 4.69) is 10.6 Å². The molecule has 0 aliphatic carbocycles. The van der Waals surface area contributed by atoms with Crippen LogP contribution in [0, 0.1) is 0 Å². The van der Waals surface area contributed by atoms with Gasteiger partial charge in [-0.1, -0.05) is 18.2 Å². The third kappa shape index (κ3) is 2.63. The van der Waals surface area contributed by atoms with Crippen LogP contribution in [0.1, 0.15) is 17.2 Å². The van der Waals surface area contributed by atoms with Crippen LogP contribution in [0.2, 0.25) is 0 Å². The van der Waals surface area contributed by atoms with Gasteiger partial charge < -0.3 is 24.8 Å². The zero-order chi connectivity index (χ0) is 16.4. The Morgan fingerprint density at radius 2 is 1.61 bits per heavy atom. The molecule has 1 aliphatic rings. The highest BCUT2D eigenvalue weighted by Crippen LogP contribution is 2.42. The summed E-state index contributed by atoms with van der Waals surface area (Å²) in [4.78, 5) is 11.9. The number of fused-ring (bicyclic) bond motifs is 1. The van der Waals surface area contributed by atoms with Crippen LogP contribution in [0.15, 0.2) is 36.4 Å². The number of hydrogen-bond donors (Lipinski definition) is 2. The number of amides is 2. The van der Waals surface area contributed by atoms with Gasteiger partial charge in [-0.25, -0.2) is 4.79 Å². The van der Waals surface area contributed by atoms with Crippen LogP contribution in [0.3, 0.4) is 0 Å². The van der Waals surface area contributed by atoms with Crippen LogP contribution in [0.4, 0.5) is 10.5 Å². The van der Waals surface area contributed by atoms with Crippen molar-refractivity contribution in [1.82, 2.24) is 5.32 Å². The fraction of sp³-hybridized carbons (Fsp3) is 0.235. The molecule has 0 saturated carbocycles. The molecule has 1 aliphatic heterocycles. The molecule has 1 atom stereocenters. The molecule has 1 heterocycles. The average Bonchev–Trinajstić information content (AvgIpc) is 2.59. The Balaban J connectivity index is 2.13. The molecule has 0 saturated heterocycles. The maximum Gasteiger partial charge on any atom is 0.320 e. The minimum atomic E-state index is -0.298. The maximum absolute atomic E-state index is 11.9. The van der Waals surface area contributed by atoms with Crippen LogP contribution in [-0.2, 0) is 0 Å². The average molecular weight is 314 g/mol. The van der Waals surface area contributed by atoms with E-state index in [-0.39, 0.29) is 12.1 Å². The van der Waals surface area contributed by atoms with Gasteiger partial charge in [-0.2, -0.15) is 0 Å². The van der Waals surface area contributed by atoms with Crippen molar-refractivity contribution < 1.29 is 19.0 Å². The molecule has 2 amide bonds. The van der Waals surface area contributed by atoms with Gasteiger partial charge in [-0.05, 0) is 23.8 Å². The number of carbonyl (C=O) groups excluding carboxylic acids is 1. The molecular weight excluding hydrogens is 296 g/mol. The lowest BCUT2D eigenvalue weighted by Crippen LogP contribution is -2.38. The zero-order valence-corrected chi connectivity index (χ0v) is 13.2. The Morgan fingerprint density at radius 3 is 2.22 bits per heavy atom. The lowest BCUT2D eigenvalue weighted by Gasteiger charge is -2.28. The summed E-state index contributed by atoms with van der Waals surface area (Å²) in [5.41, 5.74) is 2.61. The number of ether oxygens (including phenoxy) is 3. The Bertz CT molecular complexity index is 720. The lowest BCUT2D eigenvalue weighted by molar-refractivity contribution is 0.249. The number of para-hydroxylation sites is 1. The monoisotopic (exact) mass is 314 g/mol. The van der Waals surface area contributed by atoms with Gasteiger partial charge in [0, 0.05) is 11.3 Å². The number of urea groups is 1. The van der Waals surface area contributed by atoms with Gasteiger partial charge in [0.15, 0.2) is 11.5 Å². The van der Waals surface area contributed by atoms with E-state index in [1.165, 1.54) is 0 Å². The minimum Gasteiger partial charge on any atom is -0.493 e. The standard InChI is InChI=1S/C17H18N2O4/c1-21-13-8-10(9-14(22-2)16(13)23-3)15-11-6-4-5-7-12(11)18-17(20)19-15/h4-9,15H,1-3H3,(H2,18,19,20). The van der Waals surface area contributed by atoms with Gasteiger partial charge in [-0.3, -0.25) is 0 Å². The summed E-state index contributed by atoms with van der Waals surface area (Å²) in [7, 11) is 4.69. The fourth-order valence-electron chi connectivity index (χ4n) is 2.76. The lowest BCUT2D eigenvalue weighted by atomic mass is 9.95. The van der Waals surface area contributed by atoms with E-state index in [1.54, 1.807) is 21.3 Å². The molecule has 6 nitrogen and oxygen atoms in total. The molecule has 2 N–H and O–H groups in total. The Hall–Kier alpha value is -2.89. The van der Waals surface area contributed by atoms with Crippen molar-refractivity contribution >= 4 is 11.7 Å². The molecule has 2 aromatic rings. The summed E-state index contributed by atoms with van der Waals surface area (Å²) < 4.78 is 16.1. The molecule has 0 spiro atoms. The first kappa shape index (κ1) is 15.0. The second-order valence-corrected chi connectivity index (χ2v) is 5.08. The van der Waals surface area contributed by atoms with Gasteiger partial charge >= 0.3 is 6.03 Å². The molecule has 2 aromatic carbocycles. The second-order valence-electron chi connectivity index (χ2n) is 5.08. The van der Waals surface area contributed by atoms with Crippen molar-refractivity contribution in [3.05, 3.63) is 47.5 Å². The van der Waals surface area contributed by atoms with E-state index in [0.717, 1.165) is 16.8 Å². The molecule has 6 heteroatoms. The second kappa shape index (κ2) is 6.08. The Labute approximate surface area is 134 Å². The van der Waals surface area contributed by atoms with E-state index < -0.39 is 0 Å². The SMILES string of the molecule is COc1cc(C2NC(=O)Nc3ccccc32)cc(OC)c1OC. The van der Waals surface area contributed by atoms with Crippen molar-refractivity contribution in [2.75, 3.05) is 26.6 Å². The summed E-state index contributed by atoms with van der Waals surface area (Å²) in [6.45, 7) is 0. The van der Waals surface area contributed by atoms with E-state index in [4.69, 9.17) is 14.2 Å². The van der Waals surface area contributed by atoms with Gasteiger partial charge in [-0.15, -0.1) is 0 Å². The van der Waals surface area contributed by atoms with E-state index >= 15 is 0 Å². The fourth-order valence-corrected chi connectivity index (χ4v) is 2.76. The van der Waals surface area contributed by atoms with E-state index in [9.17, 15) is 4.79 Å². The van der Waals surface area contributed by atoms with E-state index in [0.29, 0.717) is 17.2 Å². The zero-order valence-electron chi connectivity index (χ0n) is 13.2. The number of carbonyl (C=O) groups is 1. The summed E-state index contributed by atoms with van der Waals surface area (Å²) in [6, 6.07) is 10.8. The van der Waals surface area contributed by atoms with Crippen molar-refractivity contribution in [2.45, 2.75) is 6.04 Å². The number of methoxy groups -OCH3 is 3. The summed E-state index contributed by atoms with van der Waals surface area (Å²) in [6.07, 6.45) is 0. The summed E-state index contributed by atoms with van der Waals surface area (Å²) in [5.74, 6) is 1.62. The minimum absolute atomic E-state index is 0.248. The first-order valence-corrected chi connectivity index (χ1v) is 7.14. The summed E-state index contributed by atoms with van der Waals surface area (Å²) in [5, 5.41) is 5.73. The van der Waals surface area contributed by atoms with E-state index in [1.807, 2.05) is 36.4 Å². The Kier molecular flexibility index (Phi) is 3.97.